The summed E-state index contributed by atoms with van der Waals surface area (Å²) in [6.45, 7) is 14.9. The first-order valence-corrected chi connectivity index (χ1v) is 17.2. The van der Waals surface area contributed by atoms with Gasteiger partial charge in [-0.3, -0.25) is 19.3 Å². The van der Waals surface area contributed by atoms with Crippen molar-refractivity contribution < 1.29 is 24.5 Å². The van der Waals surface area contributed by atoms with Gasteiger partial charge in [-0.25, -0.2) is 9.97 Å². The fraction of sp³-hybridized carbons (Fsp3) is 0.342. The van der Waals surface area contributed by atoms with Crippen LogP contribution in [0.5, 0.6) is 23.0 Å². The Morgan fingerprint density at radius 3 is 1.74 bits per heavy atom. The minimum absolute atomic E-state index is 0.0940. The number of aromatic nitrogens is 4. The number of carbonyl (C=O) groups excluding carboxylic acids is 1. The van der Waals surface area contributed by atoms with Crippen molar-refractivity contribution in [1.29, 1.82) is 0 Å². The zero-order valence-electron chi connectivity index (χ0n) is 30.2. The van der Waals surface area contributed by atoms with Crippen LogP contribution in [0.25, 0.3) is 0 Å². The highest BCUT2D eigenvalue weighted by molar-refractivity contribution is 5.81. The molecule has 0 aliphatic carbocycles. The highest BCUT2D eigenvalue weighted by atomic mass is 16.5. The molecule has 15 heteroatoms. The minimum Gasteiger partial charge on any atom is -0.504 e. The third-order valence-electron chi connectivity index (χ3n) is 8.56. The summed E-state index contributed by atoms with van der Waals surface area (Å²) < 4.78 is 10.2. The zero-order chi connectivity index (χ0) is 38.2. The summed E-state index contributed by atoms with van der Waals surface area (Å²) in [5.41, 5.74) is 2.80. The molecule has 2 saturated heterocycles. The molecule has 282 valence electrons. The molecular formula is C38H48N8O7. The van der Waals surface area contributed by atoms with Crippen molar-refractivity contribution in [2.24, 2.45) is 0 Å². The van der Waals surface area contributed by atoms with E-state index in [2.05, 4.69) is 53.1 Å². The molecule has 2 aromatic heterocycles. The van der Waals surface area contributed by atoms with Gasteiger partial charge in [0.1, 0.15) is 11.6 Å². The van der Waals surface area contributed by atoms with E-state index in [1.165, 1.54) is 31.9 Å². The van der Waals surface area contributed by atoms with Crippen molar-refractivity contribution in [3.63, 3.8) is 0 Å². The molecule has 0 bridgehead atoms. The van der Waals surface area contributed by atoms with Crippen LogP contribution in [0.1, 0.15) is 27.0 Å². The molecule has 0 unspecified atom stereocenters. The van der Waals surface area contributed by atoms with Gasteiger partial charge in [0.15, 0.2) is 29.3 Å². The first kappa shape index (κ1) is 39.8. The van der Waals surface area contributed by atoms with Gasteiger partial charge in [-0.1, -0.05) is 18.2 Å². The molecule has 4 heterocycles. The Balaban J connectivity index is 0.000000196. The van der Waals surface area contributed by atoms with E-state index in [4.69, 9.17) is 9.47 Å². The van der Waals surface area contributed by atoms with Gasteiger partial charge in [0.2, 0.25) is 0 Å². The molecule has 2 fully saturated rings. The molecule has 4 aromatic rings. The second-order valence-electron chi connectivity index (χ2n) is 12.2. The van der Waals surface area contributed by atoms with Crippen molar-refractivity contribution in [3.8, 4) is 23.0 Å². The highest BCUT2D eigenvalue weighted by Gasteiger charge is 2.21. The summed E-state index contributed by atoms with van der Waals surface area (Å²) in [6.07, 6.45) is 8.40. The largest absolute Gasteiger partial charge is 0.504 e. The summed E-state index contributed by atoms with van der Waals surface area (Å²) in [5.74, 6) is 2.35. The molecule has 0 spiro atoms. The molecule has 15 nitrogen and oxygen atoms in total. The molecule has 0 atom stereocenters. The summed E-state index contributed by atoms with van der Waals surface area (Å²) in [4.78, 5) is 52.9. The Bertz CT molecular complexity index is 1930. The van der Waals surface area contributed by atoms with Crippen LogP contribution in [-0.2, 0) is 19.4 Å². The molecule has 0 amide bonds. The van der Waals surface area contributed by atoms with E-state index in [0.717, 1.165) is 81.3 Å². The van der Waals surface area contributed by atoms with E-state index in [1.54, 1.807) is 25.3 Å². The van der Waals surface area contributed by atoms with Gasteiger partial charge < -0.3 is 44.8 Å². The van der Waals surface area contributed by atoms with E-state index < -0.39 is 0 Å². The topological polar surface area (TPSA) is 189 Å². The number of rotatable bonds is 11. The number of nitrogens with one attached hydrogen (secondary N) is 3. The Morgan fingerprint density at radius 1 is 0.736 bits per heavy atom. The van der Waals surface area contributed by atoms with Gasteiger partial charge >= 0.3 is 0 Å². The summed E-state index contributed by atoms with van der Waals surface area (Å²) in [7, 11) is 3.01. The summed E-state index contributed by atoms with van der Waals surface area (Å²) in [6, 6.07) is 10.2. The number of aldehydes is 1. The van der Waals surface area contributed by atoms with Gasteiger partial charge in [-0.2, -0.15) is 0 Å². The monoisotopic (exact) mass is 728 g/mol. The van der Waals surface area contributed by atoms with Crippen molar-refractivity contribution in [2.75, 3.05) is 76.4 Å². The molecule has 2 aliphatic rings. The highest BCUT2D eigenvalue weighted by Crippen LogP contribution is 2.33. The fourth-order valence-electron chi connectivity index (χ4n) is 5.84. The van der Waals surface area contributed by atoms with Gasteiger partial charge in [-0.15, -0.1) is 13.2 Å². The zero-order valence-corrected chi connectivity index (χ0v) is 30.2. The van der Waals surface area contributed by atoms with Crippen LogP contribution in [0, 0.1) is 0 Å². The number of nitrogens with zero attached hydrogens (tertiary/aromatic N) is 5. The number of phenols is 2. The molecule has 2 aliphatic heterocycles. The molecule has 5 N–H and O–H groups in total. The average molecular weight is 729 g/mol. The first-order chi connectivity index (χ1) is 25.7. The maximum atomic E-state index is 11.4. The van der Waals surface area contributed by atoms with Crippen LogP contribution < -0.4 is 35.7 Å². The van der Waals surface area contributed by atoms with Crippen molar-refractivity contribution in [3.05, 3.63) is 117 Å². The molecule has 0 radical (unpaired) electrons. The predicted octanol–water partition coefficient (Wildman–Crippen LogP) is 2.66. The second kappa shape index (κ2) is 20.2. The predicted molar refractivity (Wildman–Crippen MR) is 205 cm³/mol. The lowest BCUT2D eigenvalue weighted by atomic mass is 10.1. The lowest BCUT2D eigenvalue weighted by Gasteiger charge is -2.35. The number of phenolic OH excluding ortho intramolecular Hbond substituents is 2. The Hall–Kier alpha value is -5.93. The number of carbonyl (C=O) groups is 1. The van der Waals surface area contributed by atoms with Crippen LogP contribution in [0.2, 0.25) is 0 Å². The molecular weight excluding hydrogens is 680 g/mol. The number of ether oxygens (including phenoxy) is 2. The molecule has 6 rings (SSSR count). The number of benzene rings is 2. The quantitative estimate of drug-likeness (QED) is 0.112. The smallest absolute Gasteiger partial charge is 0.252 e. The van der Waals surface area contributed by atoms with Crippen LogP contribution in [-0.4, -0.2) is 108 Å². The minimum atomic E-state index is -0.145. The number of piperazine rings is 2. The standard InChI is InChI=1S/C19H24N4O3.C11H12O3.C8H12N4O/c1-3-4-14-9-15(19(25)16(10-14)26-2)12-22-5-7-23(8-6-22)17-11-18(24)21-13-20-17;1-3-4-8-5-9(7-12)11(13)10(6-8)14-2;13-8-5-7(10-6-11-8)12-3-1-9-2-4-12/h3,9-11,13,25H,1,4-8,12H2,2H3,(H,20,21,24);3,5-7,13H,1,4H2,2H3;5-6,9H,1-4H2,(H,10,11,13). The number of H-pyrrole nitrogens is 2. The lowest BCUT2D eigenvalue weighted by molar-refractivity contribution is 0.112. The van der Waals surface area contributed by atoms with Crippen LogP contribution in [0.15, 0.2) is 84.0 Å². The van der Waals surface area contributed by atoms with E-state index in [0.29, 0.717) is 36.6 Å². The lowest BCUT2D eigenvalue weighted by Crippen LogP contribution is -2.46. The van der Waals surface area contributed by atoms with Crippen LogP contribution >= 0.6 is 0 Å². The Labute approximate surface area is 308 Å². The number of aromatic hydroxyl groups is 2. The SMILES string of the molecule is C=CCc1cc(C=O)c(O)c(OC)c1.C=CCc1cc(CN2CCN(c3cc(=O)[nH]cn3)CC2)c(O)c(OC)c1.O=c1cc(N2CCNCC2)nc[nH]1. The van der Waals surface area contributed by atoms with Crippen molar-refractivity contribution in [2.45, 2.75) is 19.4 Å². The number of anilines is 2. The number of hydrogen-bond donors (Lipinski definition) is 5. The van der Waals surface area contributed by atoms with Crippen LogP contribution in [0.3, 0.4) is 0 Å². The van der Waals surface area contributed by atoms with E-state index in [9.17, 15) is 24.6 Å². The van der Waals surface area contributed by atoms with Crippen molar-refractivity contribution in [1.82, 2.24) is 30.2 Å². The third kappa shape index (κ3) is 11.5. The molecule has 53 heavy (non-hydrogen) atoms. The van der Waals surface area contributed by atoms with Crippen LogP contribution in [0.4, 0.5) is 11.6 Å². The van der Waals surface area contributed by atoms with E-state index >= 15 is 0 Å². The van der Waals surface area contributed by atoms with Gasteiger partial charge in [0, 0.05) is 76.6 Å². The average Bonchev–Trinajstić information content (AvgIpc) is 3.18. The molecule has 0 saturated carbocycles. The number of aromatic amines is 2. The number of methoxy groups -OCH3 is 2. The normalized spacial score (nSPS) is 14.2. The summed E-state index contributed by atoms with van der Waals surface area (Å²) >= 11 is 0. The molecule has 2 aromatic carbocycles. The van der Waals surface area contributed by atoms with E-state index in [-0.39, 0.29) is 28.2 Å². The first-order valence-electron chi connectivity index (χ1n) is 17.2. The van der Waals surface area contributed by atoms with Gasteiger partial charge in [0.25, 0.3) is 11.1 Å². The van der Waals surface area contributed by atoms with Gasteiger partial charge in [0.05, 0.1) is 32.4 Å². The number of hydrogen-bond acceptors (Lipinski definition) is 13. The second-order valence-corrected chi connectivity index (χ2v) is 12.2. The maximum Gasteiger partial charge on any atom is 0.252 e. The fourth-order valence-corrected chi connectivity index (χ4v) is 5.84. The third-order valence-corrected chi connectivity index (χ3v) is 8.56. The summed E-state index contributed by atoms with van der Waals surface area (Å²) in [5, 5.41) is 23.2. The number of allylic oxidation sites excluding steroid dienone is 2. The van der Waals surface area contributed by atoms with Gasteiger partial charge in [-0.05, 0) is 42.2 Å². The van der Waals surface area contributed by atoms with Crippen molar-refractivity contribution >= 4 is 17.9 Å². The Morgan fingerprint density at radius 2 is 1.25 bits per heavy atom. The maximum absolute atomic E-state index is 11.4. The Kier molecular flexibility index (Phi) is 15.2. The van der Waals surface area contributed by atoms with E-state index in [1.807, 2.05) is 18.2 Å².